The third-order valence-electron chi connectivity index (χ3n) is 1.25. The predicted molar refractivity (Wildman–Crippen MR) is 39.1 cm³/mol. The number of alkyl halides is 3. The van der Waals surface area contributed by atoms with Crippen LogP contribution < -0.4 is 5.32 Å². The minimum atomic E-state index is -4.99. The summed E-state index contributed by atoms with van der Waals surface area (Å²) in [5.41, 5.74) is 0. The van der Waals surface area contributed by atoms with Gasteiger partial charge in [0.1, 0.15) is 6.04 Å². The number of halogens is 4. The lowest BCUT2D eigenvalue weighted by Gasteiger charge is -2.13. The molecule has 0 aliphatic carbocycles. The van der Waals surface area contributed by atoms with Crippen LogP contribution in [0.1, 0.15) is 13.3 Å². The molecular weight excluding hydrogens is 211 g/mol. The van der Waals surface area contributed by atoms with E-state index in [1.54, 1.807) is 0 Å². The van der Waals surface area contributed by atoms with Gasteiger partial charge in [0.15, 0.2) is 0 Å². The molecule has 13 heavy (non-hydrogen) atoms. The maximum Gasteiger partial charge on any atom is 0.471 e. The van der Waals surface area contributed by atoms with Crippen LogP contribution in [0, 0.1) is 0 Å². The normalized spacial score (nSPS) is 13.6. The molecule has 3 nitrogen and oxygen atoms in total. The Morgan fingerprint density at radius 3 is 2.15 bits per heavy atom. The second-order valence-corrected chi connectivity index (χ2v) is 2.61. The molecule has 1 amide bonds. The Kier molecular flexibility index (Phi) is 4.19. The number of nitrogens with one attached hydrogen (secondary N) is 1. The highest BCUT2D eigenvalue weighted by Crippen LogP contribution is 2.15. The first kappa shape index (κ1) is 12.2. The highest BCUT2D eigenvalue weighted by molar-refractivity contribution is 6.64. The van der Waals surface area contributed by atoms with E-state index in [2.05, 4.69) is 0 Å². The van der Waals surface area contributed by atoms with Gasteiger partial charge in [0, 0.05) is 0 Å². The molecule has 0 aliphatic heterocycles. The van der Waals surface area contributed by atoms with Crippen LogP contribution in [0.4, 0.5) is 13.2 Å². The first-order valence-corrected chi connectivity index (χ1v) is 3.73. The number of carbonyl (C=O) groups excluding carboxylic acids is 2. The number of carbonyl (C=O) groups is 2. The number of amides is 1. The van der Waals surface area contributed by atoms with Crippen LogP contribution in [-0.4, -0.2) is 23.4 Å². The van der Waals surface area contributed by atoms with Gasteiger partial charge in [0.2, 0.25) is 5.24 Å². The van der Waals surface area contributed by atoms with Crippen molar-refractivity contribution in [3.63, 3.8) is 0 Å². The molecule has 1 atom stereocenters. The Morgan fingerprint density at radius 1 is 1.46 bits per heavy atom. The fourth-order valence-corrected chi connectivity index (χ4v) is 0.768. The summed E-state index contributed by atoms with van der Waals surface area (Å²) in [4.78, 5) is 20.7. The minimum Gasteiger partial charge on any atom is -0.337 e. The molecule has 1 unspecified atom stereocenters. The summed E-state index contributed by atoms with van der Waals surface area (Å²) in [6.07, 6.45) is -4.97. The maximum absolute atomic E-state index is 11.6. The summed E-state index contributed by atoms with van der Waals surface area (Å²) in [7, 11) is 0. The molecule has 0 aromatic carbocycles. The van der Waals surface area contributed by atoms with Gasteiger partial charge in [0.25, 0.3) is 0 Å². The maximum atomic E-state index is 11.6. The van der Waals surface area contributed by atoms with Gasteiger partial charge in [-0.15, -0.1) is 0 Å². The van der Waals surface area contributed by atoms with Gasteiger partial charge in [-0.1, -0.05) is 6.92 Å². The Labute approximate surface area is 77.2 Å². The van der Waals surface area contributed by atoms with Crippen molar-refractivity contribution in [3.8, 4) is 0 Å². The van der Waals surface area contributed by atoms with Crippen molar-refractivity contribution in [2.75, 3.05) is 0 Å². The average molecular weight is 218 g/mol. The highest BCUT2D eigenvalue weighted by Gasteiger charge is 2.40. The standard InChI is InChI=1S/C6H7ClF3NO2/c1-2-3(4(7)12)11-5(13)6(8,9)10/h3H,2H2,1H3,(H,11,13). The van der Waals surface area contributed by atoms with Crippen LogP contribution in [0.3, 0.4) is 0 Å². The molecule has 0 heterocycles. The van der Waals surface area contributed by atoms with E-state index in [-0.39, 0.29) is 6.42 Å². The molecule has 0 rings (SSSR count). The molecule has 0 saturated carbocycles. The van der Waals surface area contributed by atoms with E-state index in [0.29, 0.717) is 0 Å². The SMILES string of the molecule is CCC(NC(=O)C(F)(F)F)C(=O)Cl. The highest BCUT2D eigenvalue weighted by atomic mass is 35.5. The zero-order valence-electron chi connectivity index (χ0n) is 6.61. The topological polar surface area (TPSA) is 46.2 Å². The van der Waals surface area contributed by atoms with Gasteiger partial charge < -0.3 is 5.32 Å². The summed E-state index contributed by atoms with van der Waals surface area (Å²) >= 11 is 4.92. The van der Waals surface area contributed by atoms with Crippen molar-refractivity contribution >= 4 is 22.8 Å². The Bertz CT molecular complexity index is 216. The number of hydrogen-bond acceptors (Lipinski definition) is 2. The molecular formula is C6H7ClF3NO2. The number of rotatable bonds is 3. The molecule has 0 spiro atoms. The van der Waals surface area contributed by atoms with Gasteiger partial charge in [-0.05, 0) is 18.0 Å². The quantitative estimate of drug-likeness (QED) is 0.723. The van der Waals surface area contributed by atoms with Crippen molar-refractivity contribution < 1.29 is 22.8 Å². The fraction of sp³-hybridized carbons (Fsp3) is 0.667. The van der Waals surface area contributed by atoms with Gasteiger partial charge in [-0.3, -0.25) is 9.59 Å². The fourth-order valence-electron chi connectivity index (χ4n) is 0.559. The molecule has 0 bridgehead atoms. The largest absolute Gasteiger partial charge is 0.471 e. The third-order valence-corrected chi connectivity index (χ3v) is 1.51. The van der Waals surface area contributed by atoms with Crippen molar-refractivity contribution in [1.29, 1.82) is 0 Å². The molecule has 76 valence electrons. The summed E-state index contributed by atoms with van der Waals surface area (Å²) in [6.45, 7) is 1.43. The Morgan fingerprint density at radius 2 is 1.92 bits per heavy atom. The zero-order valence-corrected chi connectivity index (χ0v) is 7.37. The van der Waals surface area contributed by atoms with E-state index >= 15 is 0 Å². The van der Waals surface area contributed by atoms with Crippen molar-refractivity contribution in [3.05, 3.63) is 0 Å². The second-order valence-electron chi connectivity index (χ2n) is 2.24. The Hall–Kier alpha value is -0.780. The summed E-state index contributed by atoms with van der Waals surface area (Å²) in [5.74, 6) is -2.16. The van der Waals surface area contributed by atoms with Crippen LogP contribution in [-0.2, 0) is 9.59 Å². The van der Waals surface area contributed by atoms with E-state index in [1.165, 1.54) is 12.2 Å². The lowest BCUT2D eigenvalue weighted by molar-refractivity contribution is -0.174. The van der Waals surface area contributed by atoms with E-state index in [0.717, 1.165) is 0 Å². The number of hydrogen-bond donors (Lipinski definition) is 1. The Balaban J connectivity index is 4.26. The lowest BCUT2D eigenvalue weighted by atomic mass is 10.2. The smallest absolute Gasteiger partial charge is 0.337 e. The second kappa shape index (κ2) is 4.45. The van der Waals surface area contributed by atoms with Crippen molar-refractivity contribution in [1.82, 2.24) is 5.32 Å². The van der Waals surface area contributed by atoms with Gasteiger partial charge in [0.05, 0.1) is 0 Å². The van der Waals surface area contributed by atoms with Gasteiger partial charge >= 0.3 is 12.1 Å². The molecule has 0 aromatic heterocycles. The van der Waals surface area contributed by atoms with Crippen LogP contribution in [0.2, 0.25) is 0 Å². The predicted octanol–water partition coefficient (Wildman–Crippen LogP) is 1.21. The lowest BCUT2D eigenvalue weighted by Crippen LogP contribution is -2.45. The summed E-state index contributed by atoms with van der Waals surface area (Å²) < 4.78 is 34.9. The van der Waals surface area contributed by atoms with Crippen LogP contribution in [0.15, 0.2) is 0 Å². The molecule has 0 aromatic rings. The first-order valence-electron chi connectivity index (χ1n) is 3.36. The van der Waals surface area contributed by atoms with Crippen molar-refractivity contribution in [2.45, 2.75) is 25.6 Å². The molecule has 7 heteroatoms. The molecule has 0 fully saturated rings. The van der Waals surface area contributed by atoms with E-state index in [1.807, 2.05) is 0 Å². The zero-order chi connectivity index (χ0) is 10.6. The van der Waals surface area contributed by atoms with E-state index in [9.17, 15) is 22.8 Å². The van der Waals surface area contributed by atoms with E-state index < -0.39 is 23.4 Å². The summed E-state index contributed by atoms with van der Waals surface area (Å²) in [5, 5.41) is 0.447. The molecule has 0 saturated heterocycles. The monoisotopic (exact) mass is 217 g/mol. The summed E-state index contributed by atoms with van der Waals surface area (Å²) in [6, 6.07) is -1.28. The van der Waals surface area contributed by atoms with Crippen LogP contribution in [0.25, 0.3) is 0 Å². The van der Waals surface area contributed by atoms with Gasteiger partial charge in [-0.2, -0.15) is 13.2 Å². The van der Waals surface area contributed by atoms with Crippen LogP contribution in [0.5, 0.6) is 0 Å². The van der Waals surface area contributed by atoms with E-state index in [4.69, 9.17) is 11.6 Å². The molecule has 0 aliphatic rings. The average Bonchev–Trinajstić information content (AvgIpc) is 1.96. The van der Waals surface area contributed by atoms with Gasteiger partial charge in [-0.25, -0.2) is 0 Å². The molecule has 0 radical (unpaired) electrons. The van der Waals surface area contributed by atoms with Crippen molar-refractivity contribution in [2.24, 2.45) is 0 Å². The van der Waals surface area contributed by atoms with Crippen LogP contribution >= 0.6 is 11.6 Å². The third kappa shape index (κ3) is 4.12. The first-order chi connectivity index (χ1) is 5.79. The molecule has 1 N–H and O–H groups in total. The minimum absolute atomic E-state index is 0.0180.